The lowest BCUT2D eigenvalue weighted by Crippen LogP contribution is -2.03. The Labute approximate surface area is 124 Å². The summed E-state index contributed by atoms with van der Waals surface area (Å²) in [4.78, 5) is 4.10. The van der Waals surface area contributed by atoms with Gasteiger partial charge in [0.1, 0.15) is 5.75 Å². The summed E-state index contributed by atoms with van der Waals surface area (Å²) in [5, 5.41) is 0. The second-order valence-corrected chi connectivity index (χ2v) is 5.04. The number of hydrogen-bond acceptors (Lipinski definition) is 2. The van der Waals surface area contributed by atoms with Crippen molar-refractivity contribution in [1.82, 2.24) is 9.55 Å². The van der Waals surface area contributed by atoms with Crippen LogP contribution in [0.15, 0.2) is 67.3 Å². The summed E-state index contributed by atoms with van der Waals surface area (Å²) >= 11 is 0. The van der Waals surface area contributed by atoms with Gasteiger partial charge in [0, 0.05) is 12.4 Å². The summed E-state index contributed by atoms with van der Waals surface area (Å²) in [7, 11) is 1.68. The Hall–Kier alpha value is -2.55. The van der Waals surface area contributed by atoms with Gasteiger partial charge in [-0.05, 0) is 35.7 Å². The molecule has 106 valence electrons. The molecule has 0 fully saturated rings. The zero-order chi connectivity index (χ0) is 14.7. The van der Waals surface area contributed by atoms with Gasteiger partial charge in [0.25, 0.3) is 0 Å². The Bertz CT molecular complexity index is 685. The summed E-state index contributed by atoms with van der Waals surface area (Å²) in [5.74, 6) is 0.879. The van der Waals surface area contributed by atoms with E-state index in [1.165, 1.54) is 16.7 Å². The van der Waals surface area contributed by atoms with E-state index in [4.69, 9.17) is 4.74 Å². The van der Waals surface area contributed by atoms with Crippen molar-refractivity contribution in [2.45, 2.75) is 13.0 Å². The van der Waals surface area contributed by atoms with E-state index in [-0.39, 0.29) is 6.04 Å². The fourth-order valence-corrected chi connectivity index (χ4v) is 2.41. The highest BCUT2D eigenvalue weighted by Gasteiger charge is 2.07. The number of nitrogens with zero attached hydrogens (tertiary/aromatic N) is 2. The predicted octanol–water partition coefficient (Wildman–Crippen LogP) is 4.17. The number of ether oxygens (including phenoxy) is 1. The van der Waals surface area contributed by atoms with Crippen molar-refractivity contribution in [2.24, 2.45) is 0 Å². The van der Waals surface area contributed by atoms with Crippen LogP contribution in [0.5, 0.6) is 5.75 Å². The minimum atomic E-state index is 0.289. The number of rotatable bonds is 4. The van der Waals surface area contributed by atoms with E-state index in [9.17, 15) is 0 Å². The average Bonchev–Trinajstić information content (AvgIpc) is 3.09. The van der Waals surface area contributed by atoms with Crippen molar-refractivity contribution in [3.05, 3.63) is 72.8 Å². The molecule has 21 heavy (non-hydrogen) atoms. The molecule has 3 heteroatoms. The second kappa shape index (κ2) is 5.83. The molecule has 3 rings (SSSR count). The quantitative estimate of drug-likeness (QED) is 0.716. The van der Waals surface area contributed by atoms with E-state index in [1.54, 1.807) is 7.11 Å². The Balaban J connectivity index is 1.83. The number of benzene rings is 2. The molecular formula is C18H18N2O. The molecular weight excluding hydrogens is 260 g/mol. The van der Waals surface area contributed by atoms with Crippen molar-refractivity contribution in [2.75, 3.05) is 7.11 Å². The van der Waals surface area contributed by atoms with Gasteiger partial charge in [-0.2, -0.15) is 0 Å². The predicted molar refractivity (Wildman–Crippen MR) is 84.5 cm³/mol. The van der Waals surface area contributed by atoms with Crippen molar-refractivity contribution in [3.63, 3.8) is 0 Å². The molecule has 1 unspecified atom stereocenters. The average molecular weight is 278 g/mol. The molecule has 1 heterocycles. The van der Waals surface area contributed by atoms with E-state index >= 15 is 0 Å². The number of methoxy groups -OCH3 is 1. The SMILES string of the molecule is COc1ccc(-c2ccc(C(C)n3ccnc3)cc2)cc1. The number of aromatic nitrogens is 2. The molecule has 3 aromatic rings. The first kappa shape index (κ1) is 13.4. The van der Waals surface area contributed by atoms with Crippen LogP contribution in [0.2, 0.25) is 0 Å². The van der Waals surface area contributed by atoms with Gasteiger partial charge in [-0.3, -0.25) is 0 Å². The van der Waals surface area contributed by atoms with Gasteiger partial charge in [0.05, 0.1) is 19.5 Å². The summed E-state index contributed by atoms with van der Waals surface area (Å²) in [6, 6.07) is 17.1. The summed E-state index contributed by atoms with van der Waals surface area (Å²) in [6.07, 6.45) is 5.65. The van der Waals surface area contributed by atoms with Crippen LogP contribution in [0.1, 0.15) is 18.5 Å². The van der Waals surface area contributed by atoms with Crippen LogP contribution < -0.4 is 4.74 Å². The molecule has 0 N–H and O–H groups in total. The molecule has 0 aliphatic heterocycles. The van der Waals surface area contributed by atoms with Crippen LogP contribution in [-0.4, -0.2) is 16.7 Å². The van der Waals surface area contributed by atoms with E-state index in [0.717, 1.165) is 5.75 Å². The highest BCUT2D eigenvalue weighted by molar-refractivity contribution is 5.64. The van der Waals surface area contributed by atoms with Gasteiger partial charge in [-0.25, -0.2) is 4.98 Å². The van der Waals surface area contributed by atoms with E-state index in [1.807, 2.05) is 30.9 Å². The summed E-state index contributed by atoms with van der Waals surface area (Å²) in [6.45, 7) is 2.17. The fraction of sp³-hybridized carbons (Fsp3) is 0.167. The smallest absolute Gasteiger partial charge is 0.118 e. The molecule has 2 aromatic carbocycles. The molecule has 0 aliphatic carbocycles. The maximum atomic E-state index is 5.19. The molecule has 0 aliphatic rings. The Morgan fingerprint density at radius 1 is 0.952 bits per heavy atom. The van der Waals surface area contributed by atoms with Crippen LogP contribution in [0.3, 0.4) is 0 Å². The molecule has 1 aromatic heterocycles. The fourth-order valence-electron chi connectivity index (χ4n) is 2.41. The topological polar surface area (TPSA) is 27.1 Å². The molecule has 3 nitrogen and oxygen atoms in total. The third kappa shape index (κ3) is 2.82. The maximum Gasteiger partial charge on any atom is 0.118 e. The Morgan fingerprint density at radius 2 is 1.57 bits per heavy atom. The normalized spacial score (nSPS) is 12.1. The third-order valence-corrected chi connectivity index (χ3v) is 3.79. The molecule has 0 saturated heterocycles. The van der Waals surface area contributed by atoms with Gasteiger partial charge >= 0.3 is 0 Å². The first-order chi connectivity index (χ1) is 10.3. The monoisotopic (exact) mass is 278 g/mol. The van der Waals surface area contributed by atoms with Crippen LogP contribution in [0.25, 0.3) is 11.1 Å². The molecule has 1 atom stereocenters. The summed E-state index contributed by atoms with van der Waals surface area (Å²) in [5.41, 5.74) is 3.67. The van der Waals surface area contributed by atoms with Crippen molar-refractivity contribution in [3.8, 4) is 16.9 Å². The van der Waals surface area contributed by atoms with Gasteiger partial charge in [0.15, 0.2) is 0 Å². The molecule has 0 amide bonds. The first-order valence-corrected chi connectivity index (χ1v) is 7.00. The van der Waals surface area contributed by atoms with Gasteiger partial charge in [-0.15, -0.1) is 0 Å². The second-order valence-electron chi connectivity index (χ2n) is 5.04. The number of imidazole rings is 1. The van der Waals surface area contributed by atoms with Crippen LogP contribution in [-0.2, 0) is 0 Å². The summed E-state index contributed by atoms with van der Waals surface area (Å²) < 4.78 is 7.29. The Morgan fingerprint density at radius 3 is 2.10 bits per heavy atom. The zero-order valence-corrected chi connectivity index (χ0v) is 12.2. The first-order valence-electron chi connectivity index (χ1n) is 7.00. The molecule has 0 spiro atoms. The Kier molecular flexibility index (Phi) is 3.73. The van der Waals surface area contributed by atoms with Gasteiger partial charge in [-0.1, -0.05) is 36.4 Å². The largest absolute Gasteiger partial charge is 0.497 e. The van der Waals surface area contributed by atoms with E-state index < -0.39 is 0 Å². The molecule has 0 bridgehead atoms. The lowest BCUT2D eigenvalue weighted by molar-refractivity contribution is 0.415. The van der Waals surface area contributed by atoms with Crippen molar-refractivity contribution < 1.29 is 4.74 Å². The van der Waals surface area contributed by atoms with E-state index in [0.29, 0.717) is 0 Å². The zero-order valence-electron chi connectivity index (χ0n) is 12.2. The van der Waals surface area contributed by atoms with Crippen LogP contribution in [0, 0.1) is 0 Å². The molecule has 0 saturated carbocycles. The van der Waals surface area contributed by atoms with Gasteiger partial charge < -0.3 is 9.30 Å². The third-order valence-electron chi connectivity index (χ3n) is 3.79. The van der Waals surface area contributed by atoms with E-state index in [2.05, 4.69) is 52.9 Å². The van der Waals surface area contributed by atoms with Crippen LogP contribution >= 0.6 is 0 Å². The molecule has 0 radical (unpaired) electrons. The highest BCUT2D eigenvalue weighted by atomic mass is 16.5. The van der Waals surface area contributed by atoms with Crippen LogP contribution in [0.4, 0.5) is 0 Å². The minimum absolute atomic E-state index is 0.289. The lowest BCUT2D eigenvalue weighted by Gasteiger charge is -2.14. The lowest BCUT2D eigenvalue weighted by atomic mass is 10.0. The van der Waals surface area contributed by atoms with Gasteiger partial charge in [0.2, 0.25) is 0 Å². The minimum Gasteiger partial charge on any atom is -0.497 e. The maximum absolute atomic E-state index is 5.19. The number of hydrogen-bond donors (Lipinski definition) is 0. The van der Waals surface area contributed by atoms with Crippen molar-refractivity contribution >= 4 is 0 Å². The van der Waals surface area contributed by atoms with Crippen molar-refractivity contribution in [1.29, 1.82) is 0 Å². The highest BCUT2D eigenvalue weighted by Crippen LogP contribution is 2.25. The standard InChI is InChI=1S/C18H18N2O/c1-14(20-12-11-19-13-20)15-3-5-16(6-4-15)17-7-9-18(21-2)10-8-17/h3-14H,1-2H3.